The Morgan fingerprint density at radius 3 is 2.55 bits per heavy atom. The van der Waals surface area contributed by atoms with Gasteiger partial charge in [-0.15, -0.1) is 0 Å². The van der Waals surface area contributed by atoms with E-state index in [9.17, 15) is 18.0 Å². The van der Waals surface area contributed by atoms with Gasteiger partial charge in [-0.05, 0) is 42.1 Å². The Hall–Kier alpha value is -1.26. The maximum absolute atomic E-state index is 12.4. The van der Waals surface area contributed by atoms with Crippen LogP contribution in [-0.2, 0) is 11.0 Å². The Labute approximate surface area is 137 Å². The Balaban J connectivity index is 1.86. The van der Waals surface area contributed by atoms with E-state index in [2.05, 4.69) is 14.7 Å². The molecule has 0 aliphatic carbocycles. The fraction of sp³-hybridized carbons (Fsp3) is 0.250. The van der Waals surface area contributed by atoms with Crippen molar-refractivity contribution >= 4 is 46.7 Å². The summed E-state index contributed by atoms with van der Waals surface area (Å²) in [5.41, 5.74) is -0.431. The highest BCUT2D eigenvalue weighted by molar-refractivity contribution is 8.01. The van der Waals surface area contributed by atoms with Crippen LogP contribution < -0.4 is 5.32 Å². The van der Waals surface area contributed by atoms with E-state index in [1.165, 1.54) is 47.2 Å². The first-order valence-corrected chi connectivity index (χ1v) is 8.84. The average molecular weight is 365 g/mol. The number of hydrogen-bond donors (Lipinski definition) is 1. The van der Waals surface area contributed by atoms with Crippen LogP contribution in [-0.4, -0.2) is 27.3 Å². The number of nitrogens with one attached hydrogen (secondary N) is 1. The fourth-order valence-corrected chi connectivity index (χ4v) is 3.41. The van der Waals surface area contributed by atoms with Gasteiger partial charge in [-0.25, -0.2) is 4.98 Å². The molecule has 0 saturated heterocycles. The maximum Gasteiger partial charge on any atom is 0.416 e. The summed E-state index contributed by atoms with van der Waals surface area (Å²) in [6.45, 7) is 0. The molecule has 2 rings (SSSR count). The molecule has 0 radical (unpaired) electrons. The van der Waals surface area contributed by atoms with Crippen LogP contribution >= 0.6 is 35.1 Å². The first-order valence-electron chi connectivity index (χ1n) is 5.86. The van der Waals surface area contributed by atoms with Gasteiger partial charge in [0.25, 0.3) is 0 Å². The molecule has 0 aliphatic rings. The number of hydrogen-bond acceptors (Lipinski definition) is 6. The molecule has 0 atom stereocenters. The van der Waals surface area contributed by atoms with Crippen molar-refractivity contribution in [1.82, 2.24) is 9.36 Å². The van der Waals surface area contributed by atoms with Crippen LogP contribution in [0.4, 0.5) is 18.9 Å². The van der Waals surface area contributed by atoms with Crippen molar-refractivity contribution in [3.8, 4) is 0 Å². The van der Waals surface area contributed by atoms with E-state index >= 15 is 0 Å². The standard InChI is InChI=1S/C12H10F3N3OS3/c1-20-10-17-11(22-18-10)21-6-9(19)16-8-4-2-7(3-5-8)12(13,14)15/h2-5H,6H2,1H3,(H,16,19). The summed E-state index contributed by atoms with van der Waals surface area (Å²) in [6, 6.07) is 4.31. The van der Waals surface area contributed by atoms with Crippen LogP contribution in [0.2, 0.25) is 0 Å². The summed E-state index contributed by atoms with van der Waals surface area (Å²) in [7, 11) is 0. The summed E-state index contributed by atoms with van der Waals surface area (Å²) < 4.78 is 42.0. The summed E-state index contributed by atoms with van der Waals surface area (Å²) in [6.07, 6.45) is -2.53. The summed E-state index contributed by atoms with van der Waals surface area (Å²) in [5, 5.41) is 3.18. The molecular formula is C12H10F3N3OS3. The SMILES string of the molecule is CSc1nsc(SCC(=O)Nc2ccc(C(F)(F)F)cc2)n1. The van der Waals surface area contributed by atoms with Crippen LogP contribution in [0.5, 0.6) is 0 Å². The molecule has 0 spiro atoms. The first kappa shape index (κ1) is 17.1. The number of alkyl halides is 3. The third-order valence-electron chi connectivity index (χ3n) is 2.39. The minimum Gasteiger partial charge on any atom is -0.325 e. The van der Waals surface area contributed by atoms with Gasteiger partial charge in [-0.1, -0.05) is 23.5 Å². The largest absolute Gasteiger partial charge is 0.416 e. The number of benzene rings is 1. The number of carbonyl (C=O) groups excluding carboxylic acids is 1. The quantitative estimate of drug-likeness (QED) is 0.812. The zero-order valence-electron chi connectivity index (χ0n) is 11.2. The van der Waals surface area contributed by atoms with Crippen LogP contribution in [0, 0.1) is 0 Å². The number of aromatic nitrogens is 2. The molecule has 1 N–H and O–H groups in total. The van der Waals surface area contributed by atoms with Crippen LogP contribution in [0.3, 0.4) is 0 Å². The van der Waals surface area contributed by atoms with Gasteiger partial charge in [0.15, 0.2) is 4.34 Å². The highest BCUT2D eigenvalue weighted by Gasteiger charge is 2.29. The lowest BCUT2D eigenvalue weighted by Crippen LogP contribution is -2.14. The highest BCUT2D eigenvalue weighted by Crippen LogP contribution is 2.30. The molecule has 1 amide bonds. The summed E-state index contributed by atoms with van der Waals surface area (Å²) in [4.78, 5) is 15.9. The lowest BCUT2D eigenvalue weighted by molar-refractivity contribution is -0.137. The van der Waals surface area contributed by atoms with E-state index in [1.807, 2.05) is 6.26 Å². The number of nitrogens with zero attached hydrogens (tertiary/aromatic N) is 2. The van der Waals surface area contributed by atoms with Gasteiger partial charge in [0, 0.05) is 5.69 Å². The van der Waals surface area contributed by atoms with Crippen molar-refractivity contribution in [1.29, 1.82) is 0 Å². The molecular weight excluding hydrogens is 355 g/mol. The lowest BCUT2D eigenvalue weighted by atomic mass is 10.2. The number of amides is 1. The number of halogens is 3. The number of thioether (sulfide) groups is 2. The zero-order chi connectivity index (χ0) is 16.2. The van der Waals surface area contributed by atoms with Crippen molar-refractivity contribution < 1.29 is 18.0 Å². The molecule has 0 bridgehead atoms. The molecule has 10 heteroatoms. The Kier molecular flexibility index (Phi) is 5.70. The number of anilines is 1. The van der Waals surface area contributed by atoms with E-state index in [0.717, 1.165) is 12.1 Å². The van der Waals surface area contributed by atoms with Gasteiger partial charge in [-0.2, -0.15) is 17.5 Å². The maximum atomic E-state index is 12.4. The molecule has 0 aliphatic heterocycles. The Bertz CT molecular complexity index is 643. The normalized spacial score (nSPS) is 11.5. The molecule has 4 nitrogen and oxygen atoms in total. The van der Waals surface area contributed by atoms with E-state index in [4.69, 9.17) is 0 Å². The predicted molar refractivity (Wildman–Crippen MR) is 82.5 cm³/mol. The molecule has 2 aromatic rings. The van der Waals surface area contributed by atoms with Gasteiger partial charge >= 0.3 is 6.18 Å². The molecule has 0 fully saturated rings. The molecule has 22 heavy (non-hydrogen) atoms. The summed E-state index contributed by atoms with van der Waals surface area (Å²) in [5.74, 6) is -0.199. The smallest absolute Gasteiger partial charge is 0.325 e. The third-order valence-corrected chi connectivity index (χ3v) is 4.89. The number of carbonyl (C=O) groups is 1. The van der Waals surface area contributed by atoms with Crippen molar-refractivity contribution in [3.63, 3.8) is 0 Å². The van der Waals surface area contributed by atoms with E-state index < -0.39 is 11.7 Å². The van der Waals surface area contributed by atoms with Crippen molar-refractivity contribution in [2.45, 2.75) is 15.7 Å². The molecule has 1 aromatic carbocycles. The van der Waals surface area contributed by atoms with E-state index in [-0.39, 0.29) is 11.7 Å². The van der Waals surface area contributed by atoms with Crippen molar-refractivity contribution in [3.05, 3.63) is 29.8 Å². The third kappa shape index (κ3) is 4.89. The topological polar surface area (TPSA) is 54.9 Å². The lowest BCUT2D eigenvalue weighted by Gasteiger charge is -2.08. The molecule has 1 heterocycles. The molecule has 0 unspecified atom stereocenters. The minimum absolute atomic E-state index is 0.115. The number of rotatable bonds is 5. The van der Waals surface area contributed by atoms with Gasteiger partial charge in [0.2, 0.25) is 11.1 Å². The van der Waals surface area contributed by atoms with Crippen LogP contribution in [0.15, 0.2) is 33.8 Å². The monoisotopic (exact) mass is 365 g/mol. The summed E-state index contributed by atoms with van der Waals surface area (Å²) >= 11 is 3.85. The predicted octanol–water partition coefficient (Wildman–Crippen LogP) is 4.01. The molecule has 118 valence electrons. The van der Waals surface area contributed by atoms with Gasteiger partial charge in [0.05, 0.1) is 11.3 Å². The Morgan fingerprint density at radius 1 is 1.32 bits per heavy atom. The van der Waals surface area contributed by atoms with Gasteiger partial charge < -0.3 is 5.32 Å². The van der Waals surface area contributed by atoms with Crippen LogP contribution in [0.25, 0.3) is 0 Å². The second-order valence-corrected chi connectivity index (χ2v) is 6.71. The highest BCUT2D eigenvalue weighted by atomic mass is 32.2. The van der Waals surface area contributed by atoms with E-state index in [1.54, 1.807) is 0 Å². The molecule has 0 saturated carbocycles. The first-order chi connectivity index (χ1) is 10.4. The van der Waals surface area contributed by atoms with Crippen molar-refractivity contribution in [2.24, 2.45) is 0 Å². The van der Waals surface area contributed by atoms with E-state index in [0.29, 0.717) is 15.2 Å². The van der Waals surface area contributed by atoms with Crippen LogP contribution in [0.1, 0.15) is 5.56 Å². The second kappa shape index (κ2) is 7.34. The van der Waals surface area contributed by atoms with Crippen molar-refractivity contribution in [2.75, 3.05) is 17.3 Å². The van der Waals surface area contributed by atoms with Gasteiger partial charge in [-0.3, -0.25) is 4.79 Å². The average Bonchev–Trinajstić information content (AvgIpc) is 2.93. The zero-order valence-corrected chi connectivity index (χ0v) is 13.6. The fourth-order valence-electron chi connectivity index (χ4n) is 1.41. The Morgan fingerprint density at radius 2 is 2.00 bits per heavy atom. The molecule has 1 aromatic heterocycles. The van der Waals surface area contributed by atoms with Gasteiger partial charge in [0.1, 0.15) is 0 Å². The second-order valence-electron chi connectivity index (χ2n) is 3.96. The minimum atomic E-state index is -4.38.